The summed E-state index contributed by atoms with van der Waals surface area (Å²) in [5, 5.41) is 0. The van der Waals surface area contributed by atoms with Gasteiger partial charge in [0, 0.05) is 6.54 Å². The smallest absolute Gasteiger partial charge is 0.00188 e. The maximum atomic E-state index is 5.53. The van der Waals surface area contributed by atoms with Crippen LogP contribution < -0.4 is 5.73 Å². The van der Waals surface area contributed by atoms with Gasteiger partial charge in [0.05, 0.1) is 0 Å². The van der Waals surface area contributed by atoms with Gasteiger partial charge in [0.15, 0.2) is 0 Å². The van der Waals surface area contributed by atoms with Gasteiger partial charge < -0.3 is 10.6 Å². The molecule has 0 radical (unpaired) electrons. The SMILES string of the molecule is CN(CCCN)CCc1ccc(-c2ccccc2)cc1. The Bertz CT molecular complexity index is 491. The van der Waals surface area contributed by atoms with Gasteiger partial charge in [-0.05, 0) is 49.7 Å². The van der Waals surface area contributed by atoms with E-state index < -0.39 is 0 Å². The van der Waals surface area contributed by atoms with Gasteiger partial charge >= 0.3 is 0 Å². The van der Waals surface area contributed by atoms with E-state index in [2.05, 4.69) is 66.5 Å². The Morgan fingerprint density at radius 1 is 0.850 bits per heavy atom. The van der Waals surface area contributed by atoms with Gasteiger partial charge in [-0.15, -0.1) is 0 Å². The lowest BCUT2D eigenvalue weighted by Crippen LogP contribution is -2.24. The summed E-state index contributed by atoms with van der Waals surface area (Å²) in [6.07, 6.45) is 2.17. The minimum absolute atomic E-state index is 0.774. The highest BCUT2D eigenvalue weighted by atomic mass is 15.1. The zero-order valence-electron chi connectivity index (χ0n) is 12.3. The highest BCUT2D eigenvalue weighted by Crippen LogP contribution is 2.19. The topological polar surface area (TPSA) is 29.3 Å². The Morgan fingerprint density at radius 3 is 2.15 bits per heavy atom. The van der Waals surface area contributed by atoms with Crippen molar-refractivity contribution in [3.63, 3.8) is 0 Å². The van der Waals surface area contributed by atoms with Crippen LogP contribution >= 0.6 is 0 Å². The molecule has 0 heterocycles. The predicted molar refractivity (Wildman–Crippen MR) is 86.8 cm³/mol. The molecular weight excluding hydrogens is 244 g/mol. The Labute approximate surface area is 122 Å². The zero-order valence-corrected chi connectivity index (χ0v) is 12.3. The second-order valence-corrected chi connectivity index (χ2v) is 5.26. The second-order valence-electron chi connectivity index (χ2n) is 5.26. The Balaban J connectivity index is 1.89. The number of hydrogen-bond acceptors (Lipinski definition) is 2. The number of likely N-dealkylation sites (N-methyl/N-ethyl adjacent to an activating group) is 1. The third kappa shape index (κ3) is 4.48. The molecule has 0 spiro atoms. The lowest BCUT2D eigenvalue weighted by molar-refractivity contribution is 0.335. The number of benzene rings is 2. The molecular formula is C18H24N2. The van der Waals surface area contributed by atoms with Gasteiger partial charge in [0.2, 0.25) is 0 Å². The molecule has 0 aromatic heterocycles. The molecule has 0 saturated carbocycles. The third-order valence-electron chi connectivity index (χ3n) is 3.59. The minimum Gasteiger partial charge on any atom is -0.330 e. The van der Waals surface area contributed by atoms with Crippen LogP contribution in [0.1, 0.15) is 12.0 Å². The Morgan fingerprint density at radius 2 is 1.50 bits per heavy atom. The molecule has 0 aliphatic carbocycles. The summed E-state index contributed by atoms with van der Waals surface area (Å²) in [7, 11) is 2.16. The highest BCUT2D eigenvalue weighted by molar-refractivity contribution is 5.63. The maximum absolute atomic E-state index is 5.53. The van der Waals surface area contributed by atoms with Crippen LogP contribution in [0.2, 0.25) is 0 Å². The largest absolute Gasteiger partial charge is 0.330 e. The van der Waals surface area contributed by atoms with Crippen LogP contribution in [-0.4, -0.2) is 31.6 Å². The summed E-state index contributed by atoms with van der Waals surface area (Å²) in [6, 6.07) is 19.4. The van der Waals surface area contributed by atoms with Gasteiger partial charge in [-0.25, -0.2) is 0 Å². The first kappa shape index (κ1) is 14.8. The quantitative estimate of drug-likeness (QED) is 0.835. The Kier molecular flexibility index (Phi) is 5.78. The summed E-state index contributed by atoms with van der Waals surface area (Å²) >= 11 is 0. The highest BCUT2D eigenvalue weighted by Gasteiger charge is 2.00. The molecule has 106 valence electrons. The summed E-state index contributed by atoms with van der Waals surface area (Å²) in [6.45, 7) is 2.94. The molecule has 2 nitrogen and oxygen atoms in total. The molecule has 0 unspecified atom stereocenters. The van der Waals surface area contributed by atoms with Crippen LogP contribution in [0.15, 0.2) is 54.6 Å². The van der Waals surface area contributed by atoms with Crippen molar-refractivity contribution in [1.82, 2.24) is 4.90 Å². The molecule has 0 aliphatic heterocycles. The summed E-state index contributed by atoms with van der Waals surface area (Å²) in [5.41, 5.74) is 9.48. The van der Waals surface area contributed by atoms with Crippen LogP contribution in [-0.2, 0) is 6.42 Å². The van der Waals surface area contributed by atoms with E-state index in [1.165, 1.54) is 16.7 Å². The van der Waals surface area contributed by atoms with Crippen molar-refractivity contribution in [2.45, 2.75) is 12.8 Å². The fourth-order valence-corrected chi connectivity index (χ4v) is 2.29. The van der Waals surface area contributed by atoms with Gasteiger partial charge in [-0.3, -0.25) is 0 Å². The van der Waals surface area contributed by atoms with E-state index in [0.29, 0.717) is 0 Å². The minimum atomic E-state index is 0.774. The summed E-state index contributed by atoms with van der Waals surface area (Å²) in [5.74, 6) is 0. The van der Waals surface area contributed by atoms with Gasteiger partial charge in [0.1, 0.15) is 0 Å². The van der Waals surface area contributed by atoms with E-state index in [4.69, 9.17) is 5.73 Å². The Hall–Kier alpha value is -1.64. The third-order valence-corrected chi connectivity index (χ3v) is 3.59. The maximum Gasteiger partial charge on any atom is 0.00188 e. The van der Waals surface area contributed by atoms with Crippen LogP contribution in [0.25, 0.3) is 11.1 Å². The van der Waals surface area contributed by atoms with E-state index in [0.717, 1.165) is 32.5 Å². The second kappa shape index (κ2) is 7.83. The van der Waals surface area contributed by atoms with Crippen molar-refractivity contribution in [2.75, 3.05) is 26.7 Å². The average Bonchev–Trinajstić information content (AvgIpc) is 2.52. The van der Waals surface area contributed by atoms with Crippen molar-refractivity contribution in [3.05, 3.63) is 60.2 Å². The predicted octanol–water partition coefficient (Wildman–Crippen LogP) is 3.18. The molecule has 2 rings (SSSR count). The van der Waals surface area contributed by atoms with Crippen molar-refractivity contribution in [2.24, 2.45) is 5.73 Å². The van der Waals surface area contributed by atoms with Gasteiger partial charge in [-0.2, -0.15) is 0 Å². The number of nitrogens with two attached hydrogens (primary N) is 1. The zero-order chi connectivity index (χ0) is 14.2. The molecule has 2 aromatic rings. The first-order valence-electron chi connectivity index (χ1n) is 7.32. The molecule has 0 bridgehead atoms. The van der Waals surface area contributed by atoms with Crippen molar-refractivity contribution in [1.29, 1.82) is 0 Å². The first-order valence-corrected chi connectivity index (χ1v) is 7.32. The summed E-state index contributed by atoms with van der Waals surface area (Å²) < 4.78 is 0. The average molecular weight is 268 g/mol. The van der Waals surface area contributed by atoms with Crippen molar-refractivity contribution in [3.8, 4) is 11.1 Å². The van der Waals surface area contributed by atoms with Gasteiger partial charge in [0.25, 0.3) is 0 Å². The molecule has 0 atom stereocenters. The molecule has 2 N–H and O–H groups in total. The number of hydrogen-bond donors (Lipinski definition) is 1. The van der Waals surface area contributed by atoms with Gasteiger partial charge in [-0.1, -0.05) is 54.6 Å². The van der Waals surface area contributed by atoms with E-state index in [1.807, 2.05) is 0 Å². The normalized spacial score (nSPS) is 10.9. The molecule has 2 heteroatoms. The molecule has 0 amide bonds. The fraction of sp³-hybridized carbons (Fsp3) is 0.333. The van der Waals surface area contributed by atoms with E-state index in [-0.39, 0.29) is 0 Å². The van der Waals surface area contributed by atoms with Crippen molar-refractivity contribution < 1.29 is 0 Å². The van der Waals surface area contributed by atoms with Crippen LogP contribution in [0.3, 0.4) is 0 Å². The molecule has 20 heavy (non-hydrogen) atoms. The monoisotopic (exact) mass is 268 g/mol. The van der Waals surface area contributed by atoms with E-state index >= 15 is 0 Å². The fourth-order valence-electron chi connectivity index (χ4n) is 2.29. The number of rotatable bonds is 7. The molecule has 0 saturated heterocycles. The number of nitrogens with zero attached hydrogens (tertiary/aromatic N) is 1. The van der Waals surface area contributed by atoms with E-state index in [9.17, 15) is 0 Å². The lowest BCUT2D eigenvalue weighted by atomic mass is 10.0. The standard InChI is InChI=1S/C18H24N2/c1-20(14-5-13-19)15-12-16-8-10-18(11-9-16)17-6-3-2-4-7-17/h2-4,6-11H,5,12-15,19H2,1H3. The first-order chi connectivity index (χ1) is 9.79. The van der Waals surface area contributed by atoms with Crippen LogP contribution in [0.5, 0.6) is 0 Å². The molecule has 0 aliphatic rings. The van der Waals surface area contributed by atoms with E-state index in [1.54, 1.807) is 0 Å². The van der Waals surface area contributed by atoms with Crippen LogP contribution in [0, 0.1) is 0 Å². The lowest BCUT2D eigenvalue weighted by Gasteiger charge is -2.15. The van der Waals surface area contributed by atoms with Crippen molar-refractivity contribution >= 4 is 0 Å². The van der Waals surface area contributed by atoms with Crippen LogP contribution in [0.4, 0.5) is 0 Å². The molecule has 2 aromatic carbocycles. The summed E-state index contributed by atoms with van der Waals surface area (Å²) in [4.78, 5) is 2.35. The molecule has 0 fully saturated rings.